The molecule has 1 saturated heterocycles. The van der Waals surface area contributed by atoms with Gasteiger partial charge in [-0.25, -0.2) is 14.2 Å². The summed E-state index contributed by atoms with van der Waals surface area (Å²) >= 11 is 0. The quantitative estimate of drug-likeness (QED) is 0.828. The molecule has 1 aliphatic heterocycles. The monoisotopic (exact) mass is 362 g/mol. The first kappa shape index (κ1) is 16.8. The molecule has 1 aliphatic carbocycles. The van der Waals surface area contributed by atoms with Crippen LogP contribution in [0.1, 0.15) is 24.3 Å². The summed E-state index contributed by atoms with van der Waals surface area (Å²) in [4.78, 5) is 31.8. The van der Waals surface area contributed by atoms with Crippen LogP contribution in [0.5, 0.6) is 5.75 Å². The fourth-order valence-corrected chi connectivity index (χ4v) is 3.29. The number of carbonyl (C=O) groups is 1. The SMILES string of the molecule is CN1CCN(c2nc3c(C4CC4)cc(OC(=O)O)c(=O)n3cc2F)CC1. The van der Waals surface area contributed by atoms with Gasteiger partial charge in [-0.2, -0.15) is 0 Å². The third-order valence-corrected chi connectivity index (χ3v) is 4.89. The molecule has 0 bridgehead atoms. The molecule has 0 atom stereocenters. The van der Waals surface area contributed by atoms with Crippen molar-refractivity contribution in [3.63, 3.8) is 0 Å². The summed E-state index contributed by atoms with van der Waals surface area (Å²) in [5.74, 6) is -0.532. The molecule has 0 spiro atoms. The molecule has 1 N–H and O–H groups in total. The minimum Gasteiger partial charge on any atom is -0.449 e. The van der Waals surface area contributed by atoms with E-state index < -0.39 is 17.5 Å². The van der Waals surface area contributed by atoms with E-state index in [1.807, 2.05) is 11.9 Å². The van der Waals surface area contributed by atoms with E-state index >= 15 is 0 Å². The fraction of sp³-hybridized carbons (Fsp3) is 0.471. The van der Waals surface area contributed by atoms with E-state index in [0.717, 1.165) is 42.1 Å². The molecular weight excluding hydrogens is 343 g/mol. The second kappa shape index (κ2) is 6.24. The fourth-order valence-electron chi connectivity index (χ4n) is 3.29. The van der Waals surface area contributed by atoms with Crippen LogP contribution in [0.25, 0.3) is 5.65 Å². The summed E-state index contributed by atoms with van der Waals surface area (Å²) in [5, 5.41) is 8.83. The zero-order valence-corrected chi connectivity index (χ0v) is 14.3. The molecule has 0 amide bonds. The van der Waals surface area contributed by atoms with E-state index in [1.165, 1.54) is 6.07 Å². The van der Waals surface area contributed by atoms with Crippen LogP contribution in [0.4, 0.5) is 15.0 Å². The molecular formula is C17H19FN4O4. The van der Waals surface area contributed by atoms with Crippen molar-refractivity contribution in [1.29, 1.82) is 0 Å². The van der Waals surface area contributed by atoms with Gasteiger partial charge in [0.05, 0.1) is 6.20 Å². The normalized spacial score (nSPS) is 18.3. The standard InChI is InChI=1S/C17H19FN4O4/c1-20-4-6-21(7-5-20)15-12(18)9-22-14(19-15)11(10-2-3-10)8-13(16(22)23)26-17(24)25/h8-10H,2-7H2,1H3,(H,24,25). The highest BCUT2D eigenvalue weighted by atomic mass is 19.1. The number of anilines is 1. The second-order valence-corrected chi connectivity index (χ2v) is 6.81. The van der Waals surface area contributed by atoms with Crippen molar-refractivity contribution in [3.05, 3.63) is 34.0 Å². The zero-order valence-electron chi connectivity index (χ0n) is 14.3. The Kier molecular flexibility index (Phi) is 4.03. The summed E-state index contributed by atoms with van der Waals surface area (Å²) in [5.41, 5.74) is 0.352. The Morgan fingerprint density at radius 3 is 2.62 bits per heavy atom. The molecule has 26 heavy (non-hydrogen) atoms. The van der Waals surface area contributed by atoms with Gasteiger partial charge in [0, 0.05) is 31.7 Å². The molecule has 4 rings (SSSR count). The average Bonchev–Trinajstić information content (AvgIpc) is 3.43. The topological polar surface area (TPSA) is 87.4 Å². The van der Waals surface area contributed by atoms with Crippen LogP contribution in [-0.4, -0.2) is 58.8 Å². The minimum absolute atomic E-state index is 0.181. The summed E-state index contributed by atoms with van der Waals surface area (Å²) < 4.78 is 20.3. The predicted octanol–water partition coefficient (Wildman–Crippen LogP) is 1.52. The largest absolute Gasteiger partial charge is 0.511 e. The van der Waals surface area contributed by atoms with Gasteiger partial charge in [0.15, 0.2) is 11.6 Å². The van der Waals surface area contributed by atoms with E-state index in [0.29, 0.717) is 18.7 Å². The van der Waals surface area contributed by atoms with Crippen molar-refractivity contribution in [2.75, 3.05) is 38.1 Å². The van der Waals surface area contributed by atoms with Gasteiger partial charge < -0.3 is 19.6 Å². The molecule has 0 radical (unpaired) electrons. The number of aromatic nitrogens is 2. The Morgan fingerprint density at radius 1 is 1.31 bits per heavy atom. The lowest BCUT2D eigenvalue weighted by Crippen LogP contribution is -2.45. The van der Waals surface area contributed by atoms with Crippen LogP contribution in [0.3, 0.4) is 0 Å². The summed E-state index contributed by atoms with van der Waals surface area (Å²) in [6, 6.07) is 1.43. The number of pyridine rings is 1. The first-order valence-electron chi connectivity index (χ1n) is 8.54. The molecule has 2 aliphatic rings. The van der Waals surface area contributed by atoms with Crippen molar-refractivity contribution < 1.29 is 19.0 Å². The third-order valence-electron chi connectivity index (χ3n) is 4.89. The van der Waals surface area contributed by atoms with Gasteiger partial charge in [0.1, 0.15) is 5.65 Å². The van der Waals surface area contributed by atoms with Gasteiger partial charge in [0.25, 0.3) is 5.56 Å². The third kappa shape index (κ3) is 2.98. The molecule has 1 saturated carbocycles. The molecule has 8 nitrogen and oxygen atoms in total. The van der Waals surface area contributed by atoms with Gasteiger partial charge in [0.2, 0.25) is 5.75 Å². The van der Waals surface area contributed by atoms with Crippen LogP contribution < -0.4 is 15.2 Å². The second-order valence-electron chi connectivity index (χ2n) is 6.81. The highest BCUT2D eigenvalue weighted by Gasteiger charge is 2.30. The molecule has 9 heteroatoms. The molecule has 2 aromatic heterocycles. The summed E-state index contributed by atoms with van der Waals surface area (Å²) in [6.45, 7) is 2.92. The van der Waals surface area contributed by atoms with Gasteiger partial charge >= 0.3 is 6.16 Å². The van der Waals surface area contributed by atoms with E-state index in [-0.39, 0.29) is 17.5 Å². The smallest absolute Gasteiger partial charge is 0.449 e. The van der Waals surface area contributed by atoms with Crippen molar-refractivity contribution in [2.45, 2.75) is 18.8 Å². The number of hydrogen-bond donors (Lipinski definition) is 1. The molecule has 3 heterocycles. The van der Waals surface area contributed by atoms with Gasteiger partial charge in [-0.05, 0) is 31.9 Å². The number of hydrogen-bond acceptors (Lipinski definition) is 6. The lowest BCUT2D eigenvalue weighted by molar-refractivity contribution is 0.143. The lowest BCUT2D eigenvalue weighted by atomic mass is 10.1. The van der Waals surface area contributed by atoms with Crippen LogP contribution in [-0.2, 0) is 0 Å². The predicted molar refractivity (Wildman–Crippen MR) is 91.8 cm³/mol. The Morgan fingerprint density at radius 2 is 2.00 bits per heavy atom. The number of carboxylic acid groups (broad SMARTS) is 1. The molecule has 138 valence electrons. The first-order valence-corrected chi connectivity index (χ1v) is 8.54. The minimum atomic E-state index is -1.58. The van der Waals surface area contributed by atoms with Gasteiger partial charge in [-0.15, -0.1) is 0 Å². The van der Waals surface area contributed by atoms with Crippen molar-refractivity contribution in [2.24, 2.45) is 0 Å². The van der Waals surface area contributed by atoms with E-state index in [1.54, 1.807) is 0 Å². The van der Waals surface area contributed by atoms with E-state index in [2.05, 4.69) is 14.6 Å². The number of fused-ring (bicyclic) bond motifs is 1. The van der Waals surface area contributed by atoms with Crippen molar-refractivity contribution in [3.8, 4) is 5.75 Å². The number of ether oxygens (including phenoxy) is 1. The highest BCUT2D eigenvalue weighted by Crippen LogP contribution is 2.42. The number of halogens is 1. The molecule has 2 aromatic rings. The molecule has 2 fully saturated rings. The zero-order chi connectivity index (χ0) is 18.4. The maximum absolute atomic E-state index is 14.7. The Hall–Kier alpha value is -2.68. The summed E-state index contributed by atoms with van der Waals surface area (Å²) in [7, 11) is 2.01. The van der Waals surface area contributed by atoms with E-state index in [9.17, 15) is 14.0 Å². The van der Waals surface area contributed by atoms with Crippen molar-refractivity contribution >= 4 is 17.6 Å². The Labute approximate surface area is 148 Å². The van der Waals surface area contributed by atoms with Crippen LogP contribution in [0.15, 0.2) is 17.1 Å². The maximum Gasteiger partial charge on any atom is 0.511 e. The number of nitrogens with zero attached hydrogens (tertiary/aromatic N) is 4. The maximum atomic E-state index is 14.7. The van der Waals surface area contributed by atoms with Gasteiger partial charge in [-0.3, -0.25) is 9.20 Å². The van der Waals surface area contributed by atoms with Crippen LogP contribution >= 0.6 is 0 Å². The molecule has 0 unspecified atom stereocenters. The number of likely N-dealkylation sites (N-methyl/N-ethyl adjacent to an activating group) is 1. The van der Waals surface area contributed by atoms with Crippen LogP contribution in [0.2, 0.25) is 0 Å². The van der Waals surface area contributed by atoms with Crippen LogP contribution in [0, 0.1) is 5.82 Å². The lowest BCUT2D eigenvalue weighted by Gasteiger charge is -2.33. The first-order chi connectivity index (χ1) is 12.4. The number of rotatable bonds is 3. The average molecular weight is 362 g/mol. The Bertz CT molecular complexity index is 932. The number of piperazine rings is 1. The highest BCUT2D eigenvalue weighted by molar-refractivity contribution is 5.63. The molecule has 0 aromatic carbocycles. The Balaban J connectivity index is 1.85. The summed E-state index contributed by atoms with van der Waals surface area (Å²) in [6.07, 6.45) is 1.34. The van der Waals surface area contributed by atoms with E-state index in [4.69, 9.17) is 5.11 Å². The van der Waals surface area contributed by atoms with Crippen molar-refractivity contribution in [1.82, 2.24) is 14.3 Å². The van der Waals surface area contributed by atoms with Gasteiger partial charge in [-0.1, -0.05) is 0 Å².